The van der Waals surface area contributed by atoms with Crippen LogP contribution in [0.15, 0.2) is 76.9 Å². The molecule has 11 heteroatoms. The average Bonchev–Trinajstić information content (AvgIpc) is 3.65. The third-order valence-electron chi connectivity index (χ3n) is 5.58. The lowest BCUT2D eigenvalue weighted by Gasteiger charge is -2.10. The molecule has 0 radical (unpaired) electrons. The Morgan fingerprint density at radius 2 is 1.89 bits per heavy atom. The molecular weight excluding hydrogens is 551 g/mol. The van der Waals surface area contributed by atoms with Gasteiger partial charge >= 0.3 is 0 Å². The fraction of sp³-hybridized carbons (Fsp3) is 0.115. The number of aliphatic hydroxyl groups excluding tert-OH is 1. The maximum atomic E-state index is 13.5. The fourth-order valence-corrected chi connectivity index (χ4v) is 5.75. The van der Waals surface area contributed by atoms with E-state index in [1.165, 1.54) is 22.1 Å². The van der Waals surface area contributed by atoms with E-state index in [2.05, 4.69) is 10.4 Å². The van der Waals surface area contributed by atoms with Gasteiger partial charge in [0.15, 0.2) is 0 Å². The Morgan fingerprint density at radius 1 is 1.03 bits per heavy atom. The van der Waals surface area contributed by atoms with Gasteiger partial charge in [0, 0.05) is 32.5 Å². The van der Waals surface area contributed by atoms with Gasteiger partial charge in [-0.2, -0.15) is 9.78 Å². The smallest absolute Gasteiger partial charge is 0.280 e. The molecule has 0 unspecified atom stereocenters. The van der Waals surface area contributed by atoms with Gasteiger partial charge in [0.2, 0.25) is 0 Å². The van der Waals surface area contributed by atoms with Gasteiger partial charge in [-0.25, -0.2) is 0 Å². The molecule has 0 aliphatic carbocycles. The van der Waals surface area contributed by atoms with Gasteiger partial charge in [0.1, 0.15) is 11.5 Å². The predicted octanol–water partition coefficient (Wildman–Crippen LogP) is 5.98. The zero-order chi connectivity index (χ0) is 25.9. The van der Waals surface area contributed by atoms with Crippen LogP contribution in [0.1, 0.15) is 25.7 Å². The highest BCUT2D eigenvalue weighted by Gasteiger charge is 2.20. The van der Waals surface area contributed by atoms with Crippen molar-refractivity contribution in [2.24, 2.45) is 0 Å². The quantitative estimate of drug-likeness (QED) is 0.239. The summed E-state index contributed by atoms with van der Waals surface area (Å²) < 4.78 is 3.52. The second-order valence-corrected chi connectivity index (χ2v) is 11.4. The van der Waals surface area contributed by atoms with Crippen molar-refractivity contribution in [1.29, 1.82) is 0 Å². The van der Waals surface area contributed by atoms with E-state index >= 15 is 0 Å². The monoisotopic (exact) mass is 570 g/mol. The van der Waals surface area contributed by atoms with Crippen LogP contribution in [0.4, 0.5) is 5.82 Å². The van der Waals surface area contributed by atoms with E-state index < -0.39 is 0 Å². The van der Waals surface area contributed by atoms with Crippen molar-refractivity contribution >= 4 is 57.6 Å². The third-order valence-corrected chi connectivity index (χ3v) is 7.89. The van der Waals surface area contributed by atoms with E-state index in [1.54, 1.807) is 52.3 Å². The van der Waals surface area contributed by atoms with Crippen LogP contribution in [0.2, 0.25) is 9.36 Å². The largest absolute Gasteiger partial charge is 0.392 e. The Labute approximate surface area is 230 Å². The maximum Gasteiger partial charge on any atom is 0.280 e. The molecule has 0 aliphatic heterocycles. The Bertz CT molecular complexity index is 1620. The molecule has 0 amide bonds. The molecule has 0 atom stereocenters. The van der Waals surface area contributed by atoms with Crippen molar-refractivity contribution in [1.82, 2.24) is 14.3 Å². The van der Waals surface area contributed by atoms with E-state index in [4.69, 9.17) is 23.2 Å². The number of benzene rings is 1. The molecule has 2 N–H and O–H groups in total. The summed E-state index contributed by atoms with van der Waals surface area (Å²) in [6.07, 6.45) is 0. The number of halogens is 2. The summed E-state index contributed by atoms with van der Waals surface area (Å²) in [7, 11) is 0. The summed E-state index contributed by atoms with van der Waals surface area (Å²) in [6.45, 7) is 0.579. The summed E-state index contributed by atoms with van der Waals surface area (Å²) >= 11 is 15.3. The zero-order valence-corrected chi connectivity index (χ0v) is 22.4. The van der Waals surface area contributed by atoms with Crippen LogP contribution in [0, 0.1) is 0 Å². The zero-order valence-electron chi connectivity index (χ0n) is 19.2. The number of hydrogen-bond donors (Lipinski definition) is 2. The second-order valence-electron chi connectivity index (χ2n) is 8.11. The van der Waals surface area contributed by atoms with Crippen molar-refractivity contribution in [2.45, 2.75) is 19.7 Å². The van der Waals surface area contributed by atoms with Crippen LogP contribution in [0.3, 0.4) is 0 Å². The normalized spacial score (nSPS) is 11.1. The molecule has 0 saturated carbocycles. The highest BCUT2D eigenvalue weighted by Crippen LogP contribution is 2.27. The van der Waals surface area contributed by atoms with E-state index in [0.29, 0.717) is 45.8 Å². The molecular formula is C26H20Cl2N4O3S2. The topological polar surface area (TPSA) is 89.2 Å². The number of carbonyl (C=O) groups excluding carboxylic acids is 1. The molecule has 5 aromatic rings. The summed E-state index contributed by atoms with van der Waals surface area (Å²) in [5, 5.41) is 19.6. The highest BCUT2D eigenvalue weighted by atomic mass is 35.5. The fourth-order valence-electron chi connectivity index (χ4n) is 3.83. The molecule has 0 aliphatic rings. The number of carbonyl (C=O) groups is 1. The van der Waals surface area contributed by atoms with Crippen LogP contribution in [-0.4, -0.2) is 25.4 Å². The second kappa shape index (κ2) is 11.0. The lowest BCUT2D eigenvalue weighted by Crippen LogP contribution is -2.21. The first-order chi connectivity index (χ1) is 17.9. The Balaban J connectivity index is 1.59. The van der Waals surface area contributed by atoms with Gasteiger partial charge in [-0.3, -0.25) is 9.59 Å². The number of aromatic nitrogens is 3. The minimum Gasteiger partial charge on any atom is -0.392 e. The van der Waals surface area contributed by atoms with Gasteiger partial charge in [-0.1, -0.05) is 41.4 Å². The Kier molecular flexibility index (Phi) is 7.59. The molecule has 4 aromatic heterocycles. The molecule has 0 bridgehead atoms. The van der Waals surface area contributed by atoms with Crippen molar-refractivity contribution in [3.8, 4) is 11.4 Å². The van der Waals surface area contributed by atoms with E-state index in [-0.39, 0.29) is 23.1 Å². The lowest BCUT2D eigenvalue weighted by molar-refractivity contribution is 0.0947. The SMILES string of the molecule is O=C(c1cccc(CO)c1)n1nc(-c2cc(Cl)cc(=O)n2Cc2cccs2)cc1NCc1ccc(Cl)s1. The van der Waals surface area contributed by atoms with Gasteiger partial charge < -0.3 is 15.0 Å². The van der Waals surface area contributed by atoms with Crippen LogP contribution in [0.25, 0.3) is 11.4 Å². The summed E-state index contributed by atoms with van der Waals surface area (Å²) in [5.41, 5.74) is 1.61. The van der Waals surface area contributed by atoms with Gasteiger partial charge in [-0.05, 0) is 47.3 Å². The third kappa shape index (κ3) is 5.71. The molecule has 0 spiro atoms. The number of nitrogens with zero attached hydrogens (tertiary/aromatic N) is 3. The van der Waals surface area contributed by atoms with E-state index in [1.807, 2.05) is 29.6 Å². The van der Waals surface area contributed by atoms with Crippen LogP contribution < -0.4 is 10.9 Å². The van der Waals surface area contributed by atoms with E-state index in [9.17, 15) is 14.7 Å². The Morgan fingerprint density at radius 3 is 2.62 bits per heavy atom. The van der Waals surface area contributed by atoms with Crippen molar-refractivity contribution in [2.75, 3.05) is 5.32 Å². The number of nitrogens with one attached hydrogen (secondary N) is 1. The molecule has 5 rings (SSSR count). The first-order valence-electron chi connectivity index (χ1n) is 11.2. The van der Waals surface area contributed by atoms with Gasteiger partial charge in [-0.15, -0.1) is 22.7 Å². The average molecular weight is 572 g/mol. The summed E-state index contributed by atoms with van der Waals surface area (Å²) in [4.78, 5) is 28.4. The molecule has 1 aromatic carbocycles. The first-order valence-corrected chi connectivity index (χ1v) is 13.6. The van der Waals surface area contributed by atoms with Crippen LogP contribution in [-0.2, 0) is 19.7 Å². The highest BCUT2D eigenvalue weighted by molar-refractivity contribution is 7.16. The minimum atomic E-state index is -0.387. The minimum absolute atomic E-state index is 0.187. The molecule has 7 nitrogen and oxygen atoms in total. The van der Waals surface area contributed by atoms with Crippen molar-refractivity contribution in [3.63, 3.8) is 0 Å². The predicted molar refractivity (Wildman–Crippen MR) is 149 cm³/mol. The number of hydrogen-bond acceptors (Lipinski definition) is 7. The number of pyridine rings is 1. The lowest BCUT2D eigenvalue weighted by atomic mass is 10.1. The Hall–Kier alpha value is -3.21. The number of rotatable bonds is 8. The standard InChI is InChI=1S/C26H20Cl2N4O3S2/c27-18-10-22(31(25(34)11-18)14-20-5-2-8-36-20)21-12-24(29-13-19-6-7-23(28)37-19)32(30-21)26(35)17-4-1-3-16(9-17)15-33/h1-12,29,33H,13-15H2. The summed E-state index contributed by atoms with van der Waals surface area (Å²) in [5.74, 6) is 0.0523. The van der Waals surface area contributed by atoms with E-state index in [0.717, 1.165) is 9.75 Å². The van der Waals surface area contributed by atoms with Crippen molar-refractivity contribution < 1.29 is 9.90 Å². The van der Waals surface area contributed by atoms with Crippen LogP contribution in [0.5, 0.6) is 0 Å². The molecule has 37 heavy (non-hydrogen) atoms. The number of aliphatic hydroxyl groups is 1. The summed E-state index contributed by atoms with van der Waals surface area (Å²) in [6, 6.07) is 19.1. The molecule has 0 fully saturated rings. The van der Waals surface area contributed by atoms with Crippen LogP contribution >= 0.6 is 45.9 Å². The maximum absolute atomic E-state index is 13.5. The van der Waals surface area contributed by atoms with Crippen molar-refractivity contribution in [3.05, 3.63) is 113 Å². The first kappa shape index (κ1) is 25.4. The number of thiophene rings is 2. The van der Waals surface area contributed by atoms with Gasteiger partial charge in [0.25, 0.3) is 11.5 Å². The molecule has 4 heterocycles. The molecule has 188 valence electrons. The van der Waals surface area contributed by atoms with Gasteiger partial charge in [0.05, 0.1) is 29.7 Å². The number of anilines is 1. The molecule has 0 saturated heterocycles.